The van der Waals surface area contributed by atoms with Crippen LogP contribution < -0.4 is 9.47 Å². The van der Waals surface area contributed by atoms with Gasteiger partial charge in [-0.25, -0.2) is 0 Å². The van der Waals surface area contributed by atoms with Crippen LogP contribution in [0.3, 0.4) is 0 Å². The number of aromatic nitrogens is 1. The fraction of sp³-hybridized carbons (Fsp3) is 0.250. The van der Waals surface area contributed by atoms with Crippen LogP contribution in [0.15, 0.2) is 52.7 Å². The molecule has 0 unspecified atom stereocenters. The first-order chi connectivity index (χ1) is 13.0. The summed E-state index contributed by atoms with van der Waals surface area (Å²) < 4.78 is 12.3. The van der Waals surface area contributed by atoms with Crippen molar-refractivity contribution in [2.75, 3.05) is 13.7 Å². The molecule has 1 N–H and O–H groups in total. The summed E-state index contributed by atoms with van der Waals surface area (Å²) in [6, 6.07) is 12.8. The summed E-state index contributed by atoms with van der Waals surface area (Å²) in [6.07, 6.45) is 0. The van der Waals surface area contributed by atoms with E-state index in [0.717, 1.165) is 16.5 Å². The van der Waals surface area contributed by atoms with E-state index < -0.39 is 5.91 Å². The molecule has 1 heterocycles. The molecule has 0 saturated heterocycles. The SMILES string of the molecule is CCn1c(O)c(N=NC(=O)COc2ccccc2OC)c2cc(C)ccc21. The molecular weight excluding hydrogens is 346 g/mol. The maximum atomic E-state index is 12.1. The van der Waals surface area contributed by atoms with Crippen molar-refractivity contribution >= 4 is 22.5 Å². The van der Waals surface area contributed by atoms with Gasteiger partial charge in [0.15, 0.2) is 23.8 Å². The van der Waals surface area contributed by atoms with E-state index >= 15 is 0 Å². The first-order valence-corrected chi connectivity index (χ1v) is 8.57. The van der Waals surface area contributed by atoms with Gasteiger partial charge in [0.1, 0.15) is 0 Å². The van der Waals surface area contributed by atoms with Crippen molar-refractivity contribution in [2.45, 2.75) is 20.4 Å². The number of azo groups is 1. The highest BCUT2D eigenvalue weighted by molar-refractivity contribution is 5.95. The molecule has 7 heteroatoms. The van der Waals surface area contributed by atoms with Crippen molar-refractivity contribution < 1.29 is 19.4 Å². The predicted molar refractivity (Wildman–Crippen MR) is 102 cm³/mol. The van der Waals surface area contributed by atoms with Gasteiger partial charge in [-0.2, -0.15) is 0 Å². The highest BCUT2D eigenvalue weighted by Crippen LogP contribution is 2.39. The topological polar surface area (TPSA) is 85.4 Å². The number of hydrogen-bond acceptors (Lipinski definition) is 5. The lowest BCUT2D eigenvalue weighted by Crippen LogP contribution is -2.08. The number of aromatic hydroxyl groups is 1. The average molecular weight is 367 g/mol. The quantitative estimate of drug-likeness (QED) is 0.656. The first kappa shape index (κ1) is 18.4. The molecule has 2 aromatic carbocycles. The van der Waals surface area contributed by atoms with Gasteiger partial charge in [0.05, 0.1) is 12.6 Å². The van der Waals surface area contributed by atoms with E-state index in [1.165, 1.54) is 7.11 Å². The Morgan fingerprint density at radius 1 is 1.19 bits per heavy atom. The first-order valence-electron chi connectivity index (χ1n) is 8.57. The lowest BCUT2D eigenvalue weighted by Gasteiger charge is -2.07. The van der Waals surface area contributed by atoms with Gasteiger partial charge in [-0.05, 0) is 38.1 Å². The number of nitrogens with zero attached hydrogens (tertiary/aromatic N) is 3. The fourth-order valence-electron chi connectivity index (χ4n) is 2.87. The number of aryl methyl sites for hydroxylation is 2. The summed E-state index contributed by atoms with van der Waals surface area (Å²) in [4.78, 5) is 12.1. The molecule has 0 spiro atoms. The molecule has 0 fully saturated rings. The Kier molecular flexibility index (Phi) is 5.40. The van der Waals surface area contributed by atoms with Crippen molar-refractivity contribution in [3.05, 3.63) is 48.0 Å². The molecule has 27 heavy (non-hydrogen) atoms. The van der Waals surface area contributed by atoms with Crippen LogP contribution in [-0.4, -0.2) is 29.3 Å². The minimum absolute atomic E-state index is 0.0136. The van der Waals surface area contributed by atoms with Crippen LogP contribution in [0.4, 0.5) is 5.69 Å². The molecule has 140 valence electrons. The van der Waals surface area contributed by atoms with Gasteiger partial charge in [0, 0.05) is 11.9 Å². The van der Waals surface area contributed by atoms with Gasteiger partial charge < -0.3 is 19.1 Å². The second-order valence-electron chi connectivity index (χ2n) is 5.97. The maximum Gasteiger partial charge on any atom is 0.302 e. The van der Waals surface area contributed by atoms with Gasteiger partial charge in [-0.3, -0.25) is 4.79 Å². The number of amides is 1. The monoisotopic (exact) mass is 367 g/mol. The molecule has 0 bridgehead atoms. The number of fused-ring (bicyclic) bond motifs is 1. The van der Waals surface area contributed by atoms with E-state index in [4.69, 9.17) is 9.47 Å². The molecule has 0 aliphatic heterocycles. The van der Waals surface area contributed by atoms with Gasteiger partial charge in [0.2, 0.25) is 5.88 Å². The van der Waals surface area contributed by atoms with E-state index in [9.17, 15) is 9.90 Å². The molecule has 3 aromatic rings. The maximum absolute atomic E-state index is 12.1. The Hall–Kier alpha value is -3.35. The Morgan fingerprint density at radius 2 is 1.93 bits per heavy atom. The normalized spacial score (nSPS) is 11.2. The second-order valence-corrected chi connectivity index (χ2v) is 5.97. The van der Waals surface area contributed by atoms with E-state index in [0.29, 0.717) is 18.0 Å². The summed E-state index contributed by atoms with van der Waals surface area (Å²) >= 11 is 0. The number of carbonyl (C=O) groups excluding carboxylic acids is 1. The largest absolute Gasteiger partial charge is 0.493 e. The molecule has 3 rings (SSSR count). The van der Waals surface area contributed by atoms with E-state index in [-0.39, 0.29) is 18.2 Å². The molecule has 0 aliphatic carbocycles. The molecule has 0 radical (unpaired) electrons. The lowest BCUT2D eigenvalue weighted by atomic mass is 10.1. The van der Waals surface area contributed by atoms with Crippen molar-refractivity contribution in [1.82, 2.24) is 4.57 Å². The number of benzene rings is 2. The van der Waals surface area contributed by atoms with Crippen molar-refractivity contribution in [1.29, 1.82) is 0 Å². The highest BCUT2D eigenvalue weighted by atomic mass is 16.5. The predicted octanol–water partition coefficient (Wildman–Crippen LogP) is 4.37. The molecule has 1 amide bonds. The van der Waals surface area contributed by atoms with Gasteiger partial charge in [-0.1, -0.05) is 23.8 Å². The average Bonchev–Trinajstić information content (AvgIpc) is 2.94. The zero-order valence-electron chi connectivity index (χ0n) is 15.5. The van der Waals surface area contributed by atoms with Gasteiger partial charge >= 0.3 is 5.91 Å². The van der Waals surface area contributed by atoms with Gasteiger partial charge in [0.25, 0.3) is 0 Å². The number of methoxy groups -OCH3 is 1. The Balaban J connectivity index is 1.80. The molecule has 1 aromatic heterocycles. The second kappa shape index (κ2) is 7.90. The molecular formula is C20H21N3O4. The van der Waals surface area contributed by atoms with Crippen LogP contribution in [0, 0.1) is 6.92 Å². The van der Waals surface area contributed by atoms with Crippen molar-refractivity contribution in [3.8, 4) is 17.4 Å². The minimum Gasteiger partial charge on any atom is -0.493 e. The van der Waals surface area contributed by atoms with Crippen LogP contribution in [0.25, 0.3) is 10.9 Å². The van der Waals surface area contributed by atoms with Crippen LogP contribution in [0.1, 0.15) is 12.5 Å². The zero-order valence-corrected chi connectivity index (χ0v) is 15.5. The number of rotatable bonds is 6. The number of ether oxygens (including phenoxy) is 2. The Bertz CT molecular complexity index is 1010. The minimum atomic E-state index is -0.564. The number of carbonyl (C=O) groups is 1. The van der Waals surface area contributed by atoms with Crippen LogP contribution in [-0.2, 0) is 11.3 Å². The molecule has 7 nitrogen and oxygen atoms in total. The molecule has 0 atom stereocenters. The van der Waals surface area contributed by atoms with Gasteiger partial charge in [-0.15, -0.1) is 10.2 Å². The van der Waals surface area contributed by atoms with E-state index in [1.807, 2.05) is 38.1 Å². The smallest absolute Gasteiger partial charge is 0.302 e. The summed E-state index contributed by atoms with van der Waals surface area (Å²) in [6.45, 7) is 4.17. The zero-order chi connectivity index (χ0) is 19.4. The Morgan fingerprint density at radius 3 is 2.63 bits per heavy atom. The lowest BCUT2D eigenvalue weighted by molar-refractivity contribution is -0.120. The van der Waals surface area contributed by atoms with Crippen molar-refractivity contribution in [3.63, 3.8) is 0 Å². The fourth-order valence-corrected chi connectivity index (χ4v) is 2.87. The van der Waals surface area contributed by atoms with E-state index in [1.54, 1.807) is 22.8 Å². The highest BCUT2D eigenvalue weighted by Gasteiger charge is 2.16. The van der Waals surface area contributed by atoms with Crippen LogP contribution >= 0.6 is 0 Å². The molecule has 0 saturated carbocycles. The summed E-state index contributed by atoms with van der Waals surface area (Å²) in [5.41, 5.74) is 2.14. The molecule has 0 aliphatic rings. The van der Waals surface area contributed by atoms with Crippen LogP contribution in [0.5, 0.6) is 17.4 Å². The number of hydrogen-bond donors (Lipinski definition) is 1. The third-order valence-electron chi connectivity index (χ3n) is 4.16. The summed E-state index contributed by atoms with van der Waals surface area (Å²) in [7, 11) is 1.53. The standard InChI is InChI=1S/C20H21N3O4/c1-4-23-15-10-9-13(2)11-14(15)19(20(23)25)22-21-18(24)12-27-17-8-6-5-7-16(17)26-3/h5-11,25H,4,12H2,1-3H3. The number of para-hydroxylation sites is 2. The third kappa shape index (κ3) is 3.76. The van der Waals surface area contributed by atoms with Crippen LogP contribution in [0.2, 0.25) is 0 Å². The van der Waals surface area contributed by atoms with E-state index in [2.05, 4.69) is 10.2 Å². The van der Waals surface area contributed by atoms with Crippen molar-refractivity contribution in [2.24, 2.45) is 10.2 Å². The third-order valence-corrected chi connectivity index (χ3v) is 4.16. The summed E-state index contributed by atoms with van der Waals surface area (Å²) in [5, 5.41) is 18.9. The summed E-state index contributed by atoms with van der Waals surface area (Å²) in [5.74, 6) is 0.400. The Labute approximate surface area is 156 Å².